The number of hydrogen-bond acceptors (Lipinski definition) is 3. The van der Waals surface area contributed by atoms with Crippen molar-refractivity contribution in [3.63, 3.8) is 0 Å². The molecular weight excluding hydrogens is 256 g/mol. The summed E-state index contributed by atoms with van der Waals surface area (Å²) < 4.78 is 0. The van der Waals surface area contributed by atoms with Gasteiger partial charge >= 0.3 is 5.97 Å². The lowest BCUT2D eigenvalue weighted by Crippen LogP contribution is -2.46. The van der Waals surface area contributed by atoms with Crippen molar-refractivity contribution in [3.8, 4) is 0 Å². The summed E-state index contributed by atoms with van der Waals surface area (Å²) in [6.45, 7) is 7.53. The Hall–Kier alpha value is -1.10. The van der Waals surface area contributed by atoms with Crippen LogP contribution in [0.25, 0.3) is 0 Å². The highest BCUT2D eigenvalue weighted by Gasteiger charge is 2.62. The average Bonchev–Trinajstić information content (AvgIpc) is 3.13. The molecule has 0 aromatic rings. The van der Waals surface area contributed by atoms with Gasteiger partial charge in [-0.1, -0.05) is 13.8 Å². The Labute approximate surface area is 120 Å². The van der Waals surface area contributed by atoms with Crippen molar-refractivity contribution in [1.82, 2.24) is 9.80 Å². The summed E-state index contributed by atoms with van der Waals surface area (Å²) in [5, 5.41) is 9.35. The molecular formula is C15H26N2O3. The fourth-order valence-electron chi connectivity index (χ4n) is 3.43. The standard InChI is InChI=1S/C15H26N2O3/c1-3-6-17(7-4-2)13(18)10-16-8-5-12-9-15(12,11-16)14(19)20/h12H,3-11H2,1-2H3,(H,19,20). The first-order chi connectivity index (χ1) is 9.53. The van der Waals surface area contributed by atoms with E-state index in [1.54, 1.807) is 0 Å². The van der Waals surface area contributed by atoms with E-state index in [1.807, 2.05) is 9.80 Å². The van der Waals surface area contributed by atoms with Crippen LogP contribution in [0.4, 0.5) is 0 Å². The van der Waals surface area contributed by atoms with Crippen LogP contribution in [0, 0.1) is 11.3 Å². The zero-order valence-corrected chi connectivity index (χ0v) is 12.6. The van der Waals surface area contributed by atoms with Gasteiger partial charge in [0.15, 0.2) is 0 Å². The molecule has 2 unspecified atom stereocenters. The van der Waals surface area contributed by atoms with Crippen LogP contribution in [0.15, 0.2) is 0 Å². The summed E-state index contributed by atoms with van der Waals surface area (Å²) in [5.41, 5.74) is -0.543. The molecule has 2 rings (SSSR count). The van der Waals surface area contributed by atoms with Crippen molar-refractivity contribution in [2.45, 2.75) is 39.5 Å². The second-order valence-electron chi connectivity index (χ2n) is 6.24. The van der Waals surface area contributed by atoms with E-state index < -0.39 is 11.4 Å². The molecule has 20 heavy (non-hydrogen) atoms. The van der Waals surface area contributed by atoms with Gasteiger partial charge in [0, 0.05) is 19.6 Å². The van der Waals surface area contributed by atoms with Gasteiger partial charge in [0.05, 0.1) is 12.0 Å². The van der Waals surface area contributed by atoms with Gasteiger partial charge in [0.2, 0.25) is 5.91 Å². The lowest BCUT2D eigenvalue weighted by Gasteiger charge is -2.32. The first-order valence-electron chi connectivity index (χ1n) is 7.77. The fraction of sp³-hybridized carbons (Fsp3) is 0.867. The zero-order valence-electron chi connectivity index (χ0n) is 12.6. The number of nitrogens with zero attached hydrogens (tertiary/aromatic N) is 2. The van der Waals surface area contributed by atoms with Gasteiger partial charge in [-0.15, -0.1) is 0 Å². The number of aliphatic carboxylic acids is 1. The number of carboxylic acid groups (broad SMARTS) is 1. The van der Waals surface area contributed by atoms with Crippen molar-refractivity contribution in [2.75, 3.05) is 32.7 Å². The largest absolute Gasteiger partial charge is 0.481 e. The van der Waals surface area contributed by atoms with E-state index in [-0.39, 0.29) is 5.91 Å². The number of carbonyl (C=O) groups is 2. The van der Waals surface area contributed by atoms with Gasteiger partial charge in [-0.25, -0.2) is 0 Å². The Kier molecular flexibility index (Phi) is 4.68. The molecule has 1 saturated carbocycles. The molecule has 2 fully saturated rings. The number of likely N-dealkylation sites (tertiary alicyclic amines) is 1. The molecule has 2 atom stereocenters. The normalized spacial score (nSPS) is 28.8. The molecule has 2 aliphatic rings. The maximum Gasteiger partial charge on any atom is 0.311 e. The molecule has 1 amide bonds. The molecule has 5 heteroatoms. The van der Waals surface area contributed by atoms with Crippen LogP contribution < -0.4 is 0 Å². The van der Waals surface area contributed by atoms with Crippen LogP contribution in [0.2, 0.25) is 0 Å². The van der Waals surface area contributed by atoms with Crippen LogP contribution >= 0.6 is 0 Å². The lowest BCUT2D eigenvalue weighted by molar-refractivity contribution is -0.147. The first-order valence-corrected chi connectivity index (χ1v) is 7.77. The van der Waals surface area contributed by atoms with Gasteiger partial charge < -0.3 is 10.0 Å². The minimum atomic E-state index is -0.682. The average molecular weight is 282 g/mol. The SMILES string of the molecule is CCCN(CCC)C(=O)CN1CCC2CC2(C(=O)O)C1. The summed E-state index contributed by atoms with van der Waals surface area (Å²) in [4.78, 5) is 27.6. The number of hydrogen-bond donors (Lipinski definition) is 1. The Bertz CT molecular complexity index is 379. The smallest absolute Gasteiger partial charge is 0.311 e. The molecule has 1 aliphatic heterocycles. The number of rotatable bonds is 7. The predicted molar refractivity (Wildman–Crippen MR) is 76.4 cm³/mol. The highest BCUT2D eigenvalue weighted by molar-refractivity contribution is 5.80. The number of amides is 1. The highest BCUT2D eigenvalue weighted by atomic mass is 16.4. The van der Waals surface area contributed by atoms with Gasteiger partial charge in [-0.3, -0.25) is 14.5 Å². The topological polar surface area (TPSA) is 60.9 Å². The van der Waals surface area contributed by atoms with Gasteiger partial charge in [0.1, 0.15) is 0 Å². The molecule has 114 valence electrons. The molecule has 0 spiro atoms. The Morgan fingerprint density at radius 1 is 1.30 bits per heavy atom. The monoisotopic (exact) mass is 282 g/mol. The van der Waals surface area contributed by atoms with E-state index in [1.165, 1.54) is 0 Å². The minimum Gasteiger partial charge on any atom is -0.481 e. The van der Waals surface area contributed by atoms with Gasteiger partial charge in [-0.05, 0) is 38.1 Å². The number of carboxylic acids is 1. The second-order valence-corrected chi connectivity index (χ2v) is 6.24. The van der Waals surface area contributed by atoms with E-state index in [4.69, 9.17) is 0 Å². The summed E-state index contributed by atoms with van der Waals surface area (Å²) >= 11 is 0. The third-order valence-corrected chi connectivity index (χ3v) is 4.66. The summed E-state index contributed by atoms with van der Waals surface area (Å²) in [7, 11) is 0. The summed E-state index contributed by atoms with van der Waals surface area (Å²) in [5.74, 6) is -0.194. The van der Waals surface area contributed by atoms with Crippen molar-refractivity contribution in [3.05, 3.63) is 0 Å². The van der Waals surface area contributed by atoms with E-state index in [0.29, 0.717) is 19.0 Å². The third-order valence-electron chi connectivity index (χ3n) is 4.66. The zero-order chi connectivity index (χ0) is 14.8. The molecule has 1 heterocycles. The lowest BCUT2D eigenvalue weighted by atomic mass is 9.97. The molecule has 1 saturated heterocycles. The Morgan fingerprint density at radius 3 is 2.50 bits per heavy atom. The third kappa shape index (κ3) is 2.97. The van der Waals surface area contributed by atoms with E-state index in [9.17, 15) is 14.7 Å². The maximum atomic E-state index is 12.3. The van der Waals surface area contributed by atoms with Crippen LogP contribution in [-0.4, -0.2) is 59.5 Å². The van der Waals surface area contributed by atoms with Crippen LogP contribution in [0.1, 0.15) is 39.5 Å². The second kappa shape index (κ2) is 6.12. The van der Waals surface area contributed by atoms with Crippen molar-refractivity contribution < 1.29 is 14.7 Å². The van der Waals surface area contributed by atoms with Crippen LogP contribution in [0.5, 0.6) is 0 Å². The quantitative estimate of drug-likeness (QED) is 0.767. The molecule has 0 aromatic carbocycles. The summed E-state index contributed by atoms with van der Waals surface area (Å²) in [6.07, 6.45) is 3.64. The number of fused-ring (bicyclic) bond motifs is 1. The van der Waals surface area contributed by atoms with E-state index >= 15 is 0 Å². The van der Waals surface area contributed by atoms with Crippen molar-refractivity contribution >= 4 is 11.9 Å². The number of carbonyl (C=O) groups excluding carboxylic acids is 1. The van der Waals surface area contributed by atoms with Crippen LogP contribution in [0.3, 0.4) is 0 Å². The van der Waals surface area contributed by atoms with Crippen molar-refractivity contribution in [1.29, 1.82) is 0 Å². The predicted octanol–water partition coefficient (Wildman–Crippen LogP) is 1.43. The number of piperidine rings is 1. The molecule has 0 bridgehead atoms. The molecule has 5 nitrogen and oxygen atoms in total. The molecule has 1 aliphatic carbocycles. The van der Waals surface area contributed by atoms with Crippen LogP contribution in [-0.2, 0) is 9.59 Å². The molecule has 0 radical (unpaired) electrons. The van der Waals surface area contributed by atoms with Gasteiger partial charge in [-0.2, -0.15) is 0 Å². The Balaban J connectivity index is 1.89. The first kappa shape index (κ1) is 15.3. The Morgan fingerprint density at radius 2 is 1.95 bits per heavy atom. The summed E-state index contributed by atoms with van der Waals surface area (Å²) in [6, 6.07) is 0. The van der Waals surface area contributed by atoms with E-state index in [0.717, 1.165) is 45.3 Å². The van der Waals surface area contributed by atoms with Gasteiger partial charge in [0.25, 0.3) is 0 Å². The van der Waals surface area contributed by atoms with E-state index in [2.05, 4.69) is 13.8 Å². The maximum absolute atomic E-state index is 12.3. The highest BCUT2D eigenvalue weighted by Crippen LogP contribution is 2.57. The molecule has 0 aromatic heterocycles. The fourth-order valence-corrected chi connectivity index (χ4v) is 3.43. The van der Waals surface area contributed by atoms with Crippen molar-refractivity contribution in [2.24, 2.45) is 11.3 Å². The molecule has 1 N–H and O–H groups in total. The minimum absolute atomic E-state index is 0.147.